The number of carbonyl (C=O) groups excluding carboxylic acids is 2. The van der Waals surface area contributed by atoms with Crippen molar-refractivity contribution in [1.82, 2.24) is 15.4 Å². The van der Waals surface area contributed by atoms with Crippen LogP contribution in [0.25, 0.3) is 0 Å². The third-order valence-electron chi connectivity index (χ3n) is 3.89. The molecule has 2 heterocycles. The van der Waals surface area contributed by atoms with Crippen LogP contribution in [0.15, 0.2) is 0 Å². The first-order valence-electron chi connectivity index (χ1n) is 7.28. The van der Waals surface area contributed by atoms with Crippen molar-refractivity contribution in [2.75, 3.05) is 13.2 Å². The minimum absolute atomic E-state index is 0.0556. The first-order chi connectivity index (χ1) is 11.5. The first kappa shape index (κ1) is 19.7. The van der Waals surface area contributed by atoms with Crippen LogP contribution in [0.2, 0.25) is 0 Å². The van der Waals surface area contributed by atoms with Gasteiger partial charge in [0.25, 0.3) is 11.8 Å². The molecule has 2 aliphatic heterocycles. The van der Waals surface area contributed by atoms with Crippen molar-refractivity contribution in [3.63, 3.8) is 0 Å². The standard InChI is InChI=1S/C11H18F2N4O7S/c1-2-6(14)5-23-15-9(18)7-3-11(12,13)8-4-16(7)10(19)17(8)24-25(20,21)22/h6-8H,2-5,14H2,1H3,(H,15,18)(H,20,21,22). The summed E-state index contributed by atoms with van der Waals surface area (Å²) in [5, 5.41) is -0.142. The van der Waals surface area contributed by atoms with E-state index in [0.29, 0.717) is 11.3 Å². The number of nitrogens with one attached hydrogen (secondary N) is 1. The molecule has 144 valence electrons. The predicted octanol–water partition coefficient (Wildman–Crippen LogP) is -0.980. The first-order valence-corrected chi connectivity index (χ1v) is 8.64. The van der Waals surface area contributed by atoms with E-state index in [4.69, 9.17) is 15.1 Å². The van der Waals surface area contributed by atoms with Crippen molar-refractivity contribution in [2.24, 2.45) is 5.73 Å². The van der Waals surface area contributed by atoms with Crippen LogP contribution in [0.1, 0.15) is 19.8 Å². The zero-order valence-electron chi connectivity index (χ0n) is 13.1. The monoisotopic (exact) mass is 388 g/mol. The van der Waals surface area contributed by atoms with Crippen LogP contribution >= 0.6 is 0 Å². The molecular weight excluding hydrogens is 370 g/mol. The second kappa shape index (κ2) is 6.95. The Morgan fingerprint density at radius 3 is 2.76 bits per heavy atom. The van der Waals surface area contributed by atoms with Crippen LogP contribution in [0.3, 0.4) is 0 Å². The molecule has 2 fully saturated rings. The minimum Gasteiger partial charge on any atom is -0.326 e. The van der Waals surface area contributed by atoms with Crippen LogP contribution < -0.4 is 11.2 Å². The lowest BCUT2D eigenvalue weighted by atomic mass is 9.96. The van der Waals surface area contributed by atoms with E-state index >= 15 is 0 Å². The largest absolute Gasteiger partial charge is 0.418 e. The molecule has 0 aliphatic carbocycles. The second-order valence-electron chi connectivity index (χ2n) is 5.71. The van der Waals surface area contributed by atoms with Gasteiger partial charge in [0, 0.05) is 12.5 Å². The molecule has 3 amide bonds. The summed E-state index contributed by atoms with van der Waals surface area (Å²) in [4.78, 5) is 29.7. The molecule has 4 N–H and O–H groups in total. The van der Waals surface area contributed by atoms with E-state index in [9.17, 15) is 26.8 Å². The summed E-state index contributed by atoms with van der Waals surface area (Å²) in [5.41, 5.74) is 7.52. The molecule has 0 aromatic carbocycles. The van der Waals surface area contributed by atoms with Gasteiger partial charge in [-0.25, -0.2) is 19.1 Å². The predicted molar refractivity (Wildman–Crippen MR) is 76.1 cm³/mol. The van der Waals surface area contributed by atoms with Gasteiger partial charge >= 0.3 is 16.4 Å². The van der Waals surface area contributed by atoms with Crippen molar-refractivity contribution in [3.05, 3.63) is 0 Å². The Labute approximate surface area is 141 Å². The van der Waals surface area contributed by atoms with Gasteiger partial charge in [-0.3, -0.25) is 14.2 Å². The lowest BCUT2D eigenvalue weighted by Crippen LogP contribution is -2.56. The number of nitrogens with zero attached hydrogens (tertiary/aromatic N) is 2. The lowest BCUT2D eigenvalue weighted by molar-refractivity contribution is -0.159. The van der Waals surface area contributed by atoms with Gasteiger partial charge in [-0.1, -0.05) is 6.92 Å². The quantitative estimate of drug-likeness (QED) is 0.372. The van der Waals surface area contributed by atoms with Gasteiger partial charge < -0.3 is 10.6 Å². The molecule has 2 bridgehead atoms. The number of nitrogens with two attached hydrogens (primary N) is 1. The molecule has 3 unspecified atom stereocenters. The number of amides is 3. The molecule has 0 aromatic heterocycles. The van der Waals surface area contributed by atoms with Crippen molar-refractivity contribution in [3.8, 4) is 0 Å². The highest BCUT2D eigenvalue weighted by Gasteiger charge is 2.62. The normalized spacial score (nSPS) is 26.7. The van der Waals surface area contributed by atoms with Crippen LogP contribution in [-0.2, 0) is 24.3 Å². The molecular formula is C11H18F2N4O7S. The summed E-state index contributed by atoms with van der Waals surface area (Å²) < 4.78 is 62.4. The molecule has 25 heavy (non-hydrogen) atoms. The number of halogens is 2. The molecule has 2 rings (SSSR count). The number of urea groups is 1. The Hall–Kier alpha value is -1.61. The molecule has 0 radical (unpaired) electrons. The summed E-state index contributed by atoms with van der Waals surface area (Å²) in [5.74, 6) is -4.64. The zero-order valence-corrected chi connectivity index (χ0v) is 13.9. The Bertz CT molecular complexity index is 646. The van der Waals surface area contributed by atoms with E-state index in [1.807, 2.05) is 5.48 Å². The highest BCUT2D eigenvalue weighted by molar-refractivity contribution is 7.80. The molecule has 11 nitrogen and oxygen atoms in total. The number of hydroxylamine groups is 3. The van der Waals surface area contributed by atoms with E-state index in [1.165, 1.54) is 0 Å². The number of rotatable bonds is 7. The number of piperidine rings is 1. The Balaban J connectivity index is 2.10. The maximum Gasteiger partial charge on any atom is 0.418 e. The third kappa shape index (κ3) is 4.33. The summed E-state index contributed by atoms with van der Waals surface area (Å²) >= 11 is 0. The highest BCUT2D eigenvalue weighted by atomic mass is 32.3. The number of fused-ring (bicyclic) bond motifs is 2. The van der Waals surface area contributed by atoms with Gasteiger partial charge in [-0.05, 0) is 6.42 Å². The van der Waals surface area contributed by atoms with Crippen LogP contribution in [0.4, 0.5) is 13.6 Å². The van der Waals surface area contributed by atoms with Gasteiger partial charge in [0.15, 0.2) is 0 Å². The van der Waals surface area contributed by atoms with E-state index in [1.54, 1.807) is 6.92 Å². The molecule has 0 spiro atoms. The van der Waals surface area contributed by atoms with Crippen molar-refractivity contribution in [2.45, 2.75) is 43.8 Å². The van der Waals surface area contributed by atoms with Gasteiger partial charge in [0.2, 0.25) is 0 Å². The van der Waals surface area contributed by atoms with Crippen molar-refractivity contribution in [1.29, 1.82) is 0 Å². The molecule has 0 aromatic rings. The van der Waals surface area contributed by atoms with Crippen molar-refractivity contribution >= 4 is 22.3 Å². The SMILES string of the molecule is CCC(N)CONC(=O)C1CC(F)(F)C2CN1C(=O)N2OS(=O)(=O)O. The maximum atomic E-state index is 14.2. The Morgan fingerprint density at radius 1 is 1.56 bits per heavy atom. The smallest absolute Gasteiger partial charge is 0.326 e. The Morgan fingerprint density at radius 2 is 2.20 bits per heavy atom. The molecule has 2 aliphatic rings. The van der Waals surface area contributed by atoms with E-state index < -0.39 is 53.3 Å². The van der Waals surface area contributed by atoms with E-state index in [2.05, 4.69) is 4.28 Å². The van der Waals surface area contributed by atoms with Crippen LogP contribution in [0, 0.1) is 0 Å². The van der Waals surface area contributed by atoms with E-state index in [-0.39, 0.29) is 17.7 Å². The summed E-state index contributed by atoms with van der Waals surface area (Å²) in [7, 11) is -5.19. The maximum absolute atomic E-state index is 14.2. The van der Waals surface area contributed by atoms with Crippen LogP contribution in [-0.4, -0.2) is 72.1 Å². The Kier molecular flexibility index (Phi) is 5.48. The fraction of sp³-hybridized carbons (Fsp3) is 0.818. The van der Waals surface area contributed by atoms with Crippen molar-refractivity contribution < 1.29 is 40.5 Å². The fourth-order valence-corrected chi connectivity index (χ4v) is 2.86. The van der Waals surface area contributed by atoms with Crippen LogP contribution in [0.5, 0.6) is 0 Å². The number of hydrogen-bond acceptors (Lipinski definition) is 7. The second-order valence-corrected chi connectivity index (χ2v) is 6.71. The van der Waals surface area contributed by atoms with Gasteiger partial charge in [-0.15, -0.1) is 4.28 Å². The molecule has 14 heteroatoms. The average Bonchev–Trinajstić information content (AvgIpc) is 2.77. The van der Waals surface area contributed by atoms with Gasteiger partial charge in [0.1, 0.15) is 12.1 Å². The highest BCUT2D eigenvalue weighted by Crippen LogP contribution is 2.40. The topological polar surface area (TPSA) is 151 Å². The average molecular weight is 388 g/mol. The minimum atomic E-state index is -5.19. The number of alkyl halides is 2. The molecule has 3 atom stereocenters. The zero-order chi connectivity index (χ0) is 19.0. The lowest BCUT2D eigenvalue weighted by Gasteiger charge is -2.34. The number of hydrogen-bond donors (Lipinski definition) is 3. The van der Waals surface area contributed by atoms with Gasteiger partial charge in [-0.2, -0.15) is 13.5 Å². The van der Waals surface area contributed by atoms with E-state index in [0.717, 1.165) is 0 Å². The third-order valence-corrected chi connectivity index (χ3v) is 4.24. The summed E-state index contributed by atoms with van der Waals surface area (Å²) in [6, 6.07) is -5.22. The van der Waals surface area contributed by atoms with Gasteiger partial charge in [0.05, 0.1) is 13.2 Å². The summed E-state index contributed by atoms with van der Waals surface area (Å²) in [6.45, 7) is 1.07. The summed E-state index contributed by atoms with van der Waals surface area (Å²) in [6.07, 6.45) is -0.505. The fourth-order valence-electron chi connectivity index (χ4n) is 2.49. The molecule has 2 saturated heterocycles. The molecule has 0 saturated carbocycles. The number of carbonyl (C=O) groups is 2.